The van der Waals surface area contributed by atoms with Crippen LogP contribution in [0.2, 0.25) is 0 Å². The van der Waals surface area contributed by atoms with Crippen LogP contribution < -0.4 is 11.1 Å². The van der Waals surface area contributed by atoms with Crippen molar-refractivity contribution in [2.45, 2.75) is 96.8 Å². The highest BCUT2D eigenvalue weighted by molar-refractivity contribution is 5.75. The molecule has 170 valence electrons. The number of nitrogens with one attached hydrogen (secondary N) is 1. The maximum Gasteiger partial charge on any atom is 0.219 e. The first-order valence-corrected chi connectivity index (χ1v) is 12.2. The molecule has 0 aromatic carbocycles. The maximum atomic E-state index is 11.8. The summed E-state index contributed by atoms with van der Waals surface area (Å²) in [7, 11) is 2.11. The average Bonchev–Trinajstić information content (AvgIpc) is 2.72. The molecule has 0 rings (SSSR count). The third-order valence-electron chi connectivity index (χ3n) is 5.14. The number of rotatable bonds is 21. The van der Waals surface area contributed by atoms with Crippen LogP contribution in [0, 0.1) is 0 Å². The van der Waals surface area contributed by atoms with E-state index in [0.717, 1.165) is 51.9 Å². The SMILES string of the molecule is CCCCC/C=C\C/C=C\CCCCCCCC(=O)NCCCN(C)CCCN. The zero-order valence-electron chi connectivity index (χ0n) is 19.5. The third kappa shape index (κ3) is 23.0. The predicted octanol–water partition coefficient (Wildman–Crippen LogP) is 5.59. The molecule has 0 aromatic rings. The molecule has 29 heavy (non-hydrogen) atoms. The topological polar surface area (TPSA) is 58.4 Å². The third-order valence-corrected chi connectivity index (χ3v) is 5.14. The minimum Gasteiger partial charge on any atom is -0.356 e. The smallest absolute Gasteiger partial charge is 0.219 e. The molecule has 1 amide bonds. The van der Waals surface area contributed by atoms with E-state index in [9.17, 15) is 4.79 Å². The summed E-state index contributed by atoms with van der Waals surface area (Å²) in [5.41, 5.74) is 5.51. The van der Waals surface area contributed by atoms with E-state index in [1.165, 1.54) is 57.8 Å². The molecule has 3 N–H and O–H groups in total. The van der Waals surface area contributed by atoms with E-state index >= 15 is 0 Å². The summed E-state index contributed by atoms with van der Waals surface area (Å²) in [6, 6.07) is 0. The zero-order valence-corrected chi connectivity index (χ0v) is 19.5. The van der Waals surface area contributed by atoms with E-state index in [4.69, 9.17) is 5.73 Å². The summed E-state index contributed by atoms with van der Waals surface area (Å²) in [5.74, 6) is 0.209. The first kappa shape index (κ1) is 27.9. The summed E-state index contributed by atoms with van der Waals surface area (Å²) < 4.78 is 0. The van der Waals surface area contributed by atoms with E-state index < -0.39 is 0 Å². The van der Waals surface area contributed by atoms with Gasteiger partial charge < -0.3 is 16.0 Å². The highest BCUT2D eigenvalue weighted by Gasteiger charge is 2.01. The molecule has 0 radical (unpaired) electrons. The number of hydrogen-bond acceptors (Lipinski definition) is 3. The van der Waals surface area contributed by atoms with Crippen molar-refractivity contribution in [1.29, 1.82) is 0 Å². The molecule has 0 fully saturated rings. The largest absolute Gasteiger partial charge is 0.356 e. The quantitative estimate of drug-likeness (QED) is 0.193. The minimum atomic E-state index is 0.209. The molecule has 4 heteroatoms. The molecule has 0 saturated heterocycles. The Kier molecular flexibility index (Phi) is 22.2. The standard InChI is InChI=1S/C25H49N3O/c1-3-4-5-6-7-8-9-10-11-12-13-14-15-16-17-20-25(29)27-22-19-24-28(2)23-18-21-26/h7-8,10-11H,3-6,9,12-24,26H2,1-2H3,(H,27,29)/b8-7-,11-10-. The van der Waals surface area contributed by atoms with Gasteiger partial charge in [-0.3, -0.25) is 4.79 Å². The van der Waals surface area contributed by atoms with Gasteiger partial charge in [0.2, 0.25) is 5.91 Å². The van der Waals surface area contributed by atoms with Crippen molar-refractivity contribution in [3.05, 3.63) is 24.3 Å². The lowest BCUT2D eigenvalue weighted by Crippen LogP contribution is -2.29. The van der Waals surface area contributed by atoms with E-state index in [-0.39, 0.29) is 5.91 Å². The fraction of sp³-hybridized carbons (Fsp3) is 0.800. The van der Waals surface area contributed by atoms with Crippen LogP contribution in [0.15, 0.2) is 24.3 Å². The van der Waals surface area contributed by atoms with Crippen LogP contribution in [0.3, 0.4) is 0 Å². The molecule has 4 nitrogen and oxygen atoms in total. The van der Waals surface area contributed by atoms with Crippen molar-refractivity contribution in [3.63, 3.8) is 0 Å². The van der Waals surface area contributed by atoms with E-state index in [2.05, 4.69) is 48.5 Å². The van der Waals surface area contributed by atoms with Crippen molar-refractivity contribution < 1.29 is 4.79 Å². The zero-order chi connectivity index (χ0) is 21.4. The van der Waals surface area contributed by atoms with Gasteiger partial charge in [0, 0.05) is 13.0 Å². The van der Waals surface area contributed by atoms with Crippen molar-refractivity contribution in [1.82, 2.24) is 10.2 Å². The Hall–Kier alpha value is -1.13. The van der Waals surface area contributed by atoms with Gasteiger partial charge in [-0.2, -0.15) is 0 Å². The van der Waals surface area contributed by atoms with Gasteiger partial charge in [0.1, 0.15) is 0 Å². The van der Waals surface area contributed by atoms with E-state index in [0.29, 0.717) is 6.42 Å². The first-order valence-electron chi connectivity index (χ1n) is 12.2. The van der Waals surface area contributed by atoms with E-state index in [1.807, 2.05) is 0 Å². The molecular formula is C25H49N3O. The second-order valence-corrected chi connectivity index (χ2v) is 8.13. The van der Waals surface area contributed by atoms with Crippen molar-refractivity contribution in [2.75, 3.05) is 33.2 Å². The van der Waals surface area contributed by atoms with Crippen LogP contribution in [0.1, 0.15) is 96.8 Å². The van der Waals surface area contributed by atoms with Crippen LogP contribution in [-0.4, -0.2) is 44.0 Å². The molecule has 0 aliphatic rings. The van der Waals surface area contributed by atoms with Gasteiger partial charge in [0.25, 0.3) is 0 Å². The molecule has 0 heterocycles. The Bertz CT molecular complexity index is 407. The second kappa shape index (κ2) is 23.2. The lowest BCUT2D eigenvalue weighted by Gasteiger charge is -2.15. The molecule has 0 bridgehead atoms. The fourth-order valence-electron chi connectivity index (χ4n) is 3.24. The summed E-state index contributed by atoms with van der Waals surface area (Å²) in [6.45, 7) is 5.83. The van der Waals surface area contributed by atoms with Crippen LogP contribution in [0.4, 0.5) is 0 Å². The molecule has 0 spiro atoms. The Morgan fingerprint density at radius 3 is 2.14 bits per heavy atom. The monoisotopic (exact) mass is 407 g/mol. The number of hydrogen-bond donors (Lipinski definition) is 2. The second-order valence-electron chi connectivity index (χ2n) is 8.13. The first-order chi connectivity index (χ1) is 14.2. The number of carbonyl (C=O) groups excluding carboxylic acids is 1. The maximum absolute atomic E-state index is 11.8. The molecule has 0 aliphatic heterocycles. The summed E-state index contributed by atoms with van der Waals surface area (Å²) in [5, 5.41) is 3.04. The Balaban J connectivity index is 3.33. The Labute approximate surface area is 181 Å². The molecule has 0 aliphatic carbocycles. The normalized spacial score (nSPS) is 11.9. The fourth-order valence-corrected chi connectivity index (χ4v) is 3.24. The summed E-state index contributed by atoms with van der Waals surface area (Å²) in [6.07, 6.45) is 25.3. The molecular weight excluding hydrogens is 358 g/mol. The summed E-state index contributed by atoms with van der Waals surface area (Å²) >= 11 is 0. The lowest BCUT2D eigenvalue weighted by atomic mass is 10.1. The summed E-state index contributed by atoms with van der Waals surface area (Å²) in [4.78, 5) is 14.1. The lowest BCUT2D eigenvalue weighted by molar-refractivity contribution is -0.121. The number of carbonyl (C=O) groups is 1. The minimum absolute atomic E-state index is 0.209. The van der Waals surface area contributed by atoms with Gasteiger partial charge in [-0.05, 0) is 78.0 Å². The molecule has 0 aromatic heterocycles. The predicted molar refractivity (Wildman–Crippen MR) is 128 cm³/mol. The Morgan fingerprint density at radius 2 is 1.45 bits per heavy atom. The van der Waals surface area contributed by atoms with Gasteiger partial charge in [-0.15, -0.1) is 0 Å². The number of amides is 1. The molecule has 0 atom stereocenters. The van der Waals surface area contributed by atoms with Crippen molar-refractivity contribution in [2.24, 2.45) is 5.73 Å². The van der Waals surface area contributed by atoms with Crippen LogP contribution in [-0.2, 0) is 4.79 Å². The van der Waals surface area contributed by atoms with Crippen LogP contribution >= 0.6 is 0 Å². The molecule has 0 unspecified atom stereocenters. The number of nitrogens with two attached hydrogens (primary N) is 1. The van der Waals surface area contributed by atoms with E-state index in [1.54, 1.807) is 0 Å². The molecule has 0 saturated carbocycles. The average molecular weight is 408 g/mol. The van der Waals surface area contributed by atoms with Crippen LogP contribution in [0.25, 0.3) is 0 Å². The number of nitrogens with zero attached hydrogens (tertiary/aromatic N) is 1. The highest BCUT2D eigenvalue weighted by atomic mass is 16.1. The Morgan fingerprint density at radius 1 is 0.828 bits per heavy atom. The van der Waals surface area contributed by atoms with Gasteiger partial charge in [0.05, 0.1) is 0 Å². The highest BCUT2D eigenvalue weighted by Crippen LogP contribution is 2.08. The van der Waals surface area contributed by atoms with Gasteiger partial charge in [-0.1, -0.05) is 63.3 Å². The van der Waals surface area contributed by atoms with Gasteiger partial charge in [-0.25, -0.2) is 0 Å². The van der Waals surface area contributed by atoms with Crippen molar-refractivity contribution >= 4 is 5.91 Å². The number of allylic oxidation sites excluding steroid dienone is 4. The van der Waals surface area contributed by atoms with Crippen LogP contribution in [0.5, 0.6) is 0 Å². The number of unbranched alkanes of at least 4 members (excludes halogenated alkanes) is 8. The van der Waals surface area contributed by atoms with Gasteiger partial charge in [0.15, 0.2) is 0 Å². The van der Waals surface area contributed by atoms with Crippen molar-refractivity contribution in [3.8, 4) is 0 Å². The van der Waals surface area contributed by atoms with Gasteiger partial charge >= 0.3 is 0 Å².